The average molecular weight is 317 g/mol. The summed E-state index contributed by atoms with van der Waals surface area (Å²) in [6.07, 6.45) is 2.61. The Hall–Kier alpha value is -1.40. The zero-order chi connectivity index (χ0) is 16.8. The molecule has 0 bridgehead atoms. The molecule has 23 heavy (non-hydrogen) atoms. The molecule has 0 amide bonds. The lowest BCUT2D eigenvalue weighted by atomic mass is 9.80. The Morgan fingerprint density at radius 3 is 2.48 bits per heavy atom. The summed E-state index contributed by atoms with van der Waals surface area (Å²) in [5, 5.41) is 0. The van der Waals surface area contributed by atoms with Crippen LogP contribution in [0.1, 0.15) is 52.7 Å². The lowest BCUT2D eigenvalue weighted by molar-refractivity contribution is -0.144. The van der Waals surface area contributed by atoms with Gasteiger partial charge in [-0.1, -0.05) is 6.07 Å². The van der Waals surface area contributed by atoms with Crippen LogP contribution >= 0.6 is 0 Å². The summed E-state index contributed by atoms with van der Waals surface area (Å²) < 4.78 is 17.1. The SMILES string of the molecule is CCOC(=O)C1CC1c1ccc(B2OC(C)(C)C(C)(C)O2)cn1. The topological polar surface area (TPSA) is 57.7 Å². The molecule has 0 radical (unpaired) electrons. The van der Waals surface area contributed by atoms with Gasteiger partial charge in [-0.2, -0.15) is 0 Å². The molecule has 2 aliphatic rings. The van der Waals surface area contributed by atoms with Crippen molar-refractivity contribution in [3.05, 3.63) is 24.0 Å². The molecule has 2 unspecified atom stereocenters. The van der Waals surface area contributed by atoms with Crippen LogP contribution in [0, 0.1) is 5.92 Å². The first-order valence-electron chi connectivity index (χ1n) is 8.23. The number of aromatic nitrogens is 1. The van der Waals surface area contributed by atoms with Gasteiger partial charge in [-0.15, -0.1) is 0 Å². The van der Waals surface area contributed by atoms with E-state index in [9.17, 15) is 4.79 Å². The molecule has 1 aromatic rings. The maximum Gasteiger partial charge on any atom is 0.496 e. The van der Waals surface area contributed by atoms with E-state index >= 15 is 0 Å². The molecule has 1 aromatic heterocycles. The van der Waals surface area contributed by atoms with Crippen LogP contribution in [0.4, 0.5) is 0 Å². The third-order valence-corrected chi connectivity index (χ3v) is 5.09. The first kappa shape index (κ1) is 16.5. The molecule has 6 heteroatoms. The van der Waals surface area contributed by atoms with Crippen LogP contribution < -0.4 is 5.46 Å². The van der Waals surface area contributed by atoms with Crippen LogP contribution in [0.5, 0.6) is 0 Å². The minimum absolute atomic E-state index is 0.0369. The molecule has 1 saturated heterocycles. The highest BCUT2D eigenvalue weighted by atomic mass is 16.7. The standard InChI is InChI=1S/C17H24BNO4/c1-6-21-15(20)13-9-12(13)14-8-7-11(10-19-14)18-22-16(2,3)17(4,5)23-18/h7-8,10,12-13H,6,9H2,1-5H3. The fourth-order valence-electron chi connectivity index (χ4n) is 2.79. The predicted octanol–water partition coefficient (Wildman–Crippen LogP) is 2.05. The van der Waals surface area contributed by atoms with Crippen LogP contribution in [0.25, 0.3) is 0 Å². The van der Waals surface area contributed by atoms with Gasteiger partial charge < -0.3 is 14.0 Å². The van der Waals surface area contributed by atoms with Crippen LogP contribution in [-0.2, 0) is 18.8 Å². The Labute approximate surface area is 137 Å². The predicted molar refractivity (Wildman–Crippen MR) is 87.4 cm³/mol. The number of hydrogen-bond acceptors (Lipinski definition) is 5. The maximum atomic E-state index is 11.7. The van der Waals surface area contributed by atoms with E-state index in [1.807, 2.05) is 46.8 Å². The van der Waals surface area contributed by atoms with E-state index in [2.05, 4.69) is 4.98 Å². The number of esters is 1. The Kier molecular flexibility index (Phi) is 4.01. The molecular formula is C17H24BNO4. The minimum atomic E-state index is -0.401. The molecule has 2 heterocycles. The van der Waals surface area contributed by atoms with Gasteiger partial charge in [0.05, 0.1) is 23.7 Å². The number of carbonyl (C=O) groups excluding carboxylic acids is 1. The van der Waals surface area contributed by atoms with E-state index < -0.39 is 7.12 Å². The molecule has 0 spiro atoms. The van der Waals surface area contributed by atoms with Gasteiger partial charge in [0.15, 0.2) is 0 Å². The second-order valence-electron chi connectivity index (χ2n) is 7.31. The highest BCUT2D eigenvalue weighted by Gasteiger charge is 2.52. The smallest absolute Gasteiger partial charge is 0.466 e. The van der Waals surface area contributed by atoms with Crippen molar-refractivity contribution >= 4 is 18.6 Å². The van der Waals surface area contributed by atoms with Crippen LogP contribution in [0.2, 0.25) is 0 Å². The molecule has 1 aliphatic heterocycles. The van der Waals surface area contributed by atoms with Gasteiger partial charge in [0.1, 0.15) is 0 Å². The molecule has 2 atom stereocenters. The molecule has 2 fully saturated rings. The molecule has 1 saturated carbocycles. The van der Waals surface area contributed by atoms with E-state index in [1.165, 1.54) is 0 Å². The summed E-state index contributed by atoms with van der Waals surface area (Å²) in [4.78, 5) is 16.2. The second kappa shape index (κ2) is 5.60. The average Bonchev–Trinajstić information content (AvgIpc) is 3.23. The monoisotopic (exact) mass is 317 g/mol. The van der Waals surface area contributed by atoms with E-state index in [1.54, 1.807) is 6.20 Å². The lowest BCUT2D eigenvalue weighted by Crippen LogP contribution is -2.41. The van der Waals surface area contributed by atoms with Crippen molar-refractivity contribution in [1.82, 2.24) is 4.98 Å². The fraction of sp³-hybridized carbons (Fsp3) is 0.647. The van der Waals surface area contributed by atoms with E-state index in [4.69, 9.17) is 14.0 Å². The molecule has 1 aliphatic carbocycles. The summed E-state index contributed by atoms with van der Waals surface area (Å²) in [5.74, 6) is 0.0286. The van der Waals surface area contributed by atoms with Crippen LogP contribution in [0.15, 0.2) is 18.3 Å². The second-order valence-corrected chi connectivity index (χ2v) is 7.31. The molecule has 124 valence electrons. The maximum absolute atomic E-state index is 11.7. The first-order chi connectivity index (χ1) is 10.7. The highest BCUT2D eigenvalue weighted by molar-refractivity contribution is 6.62. The minimum Gasteiger partial charge on any atom is -0.466 e. The Bertz CT molecular complexity index is 583. The van der Waals surface area contributed by atoms with Crippen molar-refractivity contribution < 1.29 is 18.8 Å². The Morgan fingerprint density at radius 1 is 1.30 bits per heavy atom. The number of carbonyl (C=O) groups is 1. The lowest BCUT2D eigenvalue weighted by Gasteiger charge is -2.32. The van der Waals surface area contributed by atoms with Gasteiger partial charge >= 0.3 is 13.1 Å². The van der Waals surface area contributed by atoms with Crippen molar-refractivity contribution in [2.75, 3.05) is 6.61 Å². The Morgan fingerprint density at radius 2 is 1.96 bits per heavy atom. The van der Waals surface area contributed by atoms with Gasteiger partial charge in [0.2, 0.25) is 0 Å². The van der Waals surface area contributed by atoms with E-state index in [0.717, 1.165) is 17.6 Å². The van der Waals surface area contributed by atoms with Crippen molar-refractivity contribution in [2.45, 2.75) is 58.2 Å². The van der Waals surface area contributed by atoms with Gasteiger partial charge in [-0.05, 0) is 47.1 Å². The molecule has 5 nitrogen and oxygen atoms in total. The van der Waals surface area contributed by atoms with E-state index in [-0.39, 0.29) is 29.0 Å². The fourth-order valence-corrected chi connectivity index (χ4v) is 2.79. The van der Waals surface area contributed by atoms with Gasteiger partial charge in [-0.25, -0.2) is 0 Å². The number of pyridine rings is 1. The summed E-state index contributed by atoms with van der Waals surface area (Å²) in [7, 11) is -0.401. The number of hydrogen-bond donors (Lipinski definition) is 0. The Balaban J connectivity index is 1.67. The number of rotatable bonds is 4. The van der Waals surface area contributed by atoms with Crippen molar-refractivity contribution in [3.8, 4) is 0 Å². The number of ether oxygens (including phenoxy) is 1. The molecule has 0 aromatic carbocycles. The highest BCUT2D eigenvalue weighted by Crippen LogP contribution is 2.47. The zero-order valence-electron chi connectivity index (χ0n) is 14.5. The number of nitrogens with zero attached hydrogens (tertiary/aromatic N) is 1. The van der Waals surface area contributed by atoms with Crippen LogP contribution in [0.3, 0.4) is 0 Å². The first-order valence-corrected chi connectivity index (χ1v) is 8.23. The van der Waals surface area contributed by atoms with Gasteiger partial charge in [0, 0.05) is 23.3 Å². The van der Waals surface area contributed by atoms with Crippen molar-refractivity contribution in [1.29, 1.82) is 0 Å². The van der Waals surface area contributed by atoms with Gasteiger partial charge in [0.25, 0.3) is 0 Å². The molecule has 3 rings (SSSR count). The summed E-state index contributed by atoms with van der Waals surface area (Å²) in [6.45, 7) is 10.4. The largest absolute Gasteiger partial charge is 0.496 e. The third kappa shape index (κ3) is 3.02. The molecule has 0 N–H and O–H groups in total. The van der Waals surface area contributed by atoms with Crippen molar-refractivity contribution in [2.24, 2.45) is 5.92 Å². The summed E-state index contributed by atoms with van der Waals surface area (Å²) >= 11 is 0. The summed E-state index contributed by atoms with van der Waals surface area (Å²) in [5.41, 5.74) is 1.12. The zero-order valence-corrected chi connectivity index (χ0v) is 14.5. The van der Waals surface area contributed by atoms with E-state index in [0.29, 0.717) is 6.61 Å². The summed E-state index contributed by atoms with van der Waals surface area (Å²) in [6, 6.07) is 3.94. The normalized spacial score (nSPS) is 27.8. The third-order valence-electron chi connectivity index (χ3n) is 5.09. The molecular weight excluding hydrogens is 293 g/mol. The van der Waals surface area contributed by atoms with Gasteiger partial charge in [-0.3, -0.25) is 9.78 Å². The van der Waals surface area contributed by atoms with Crippen LogP contribution in [-0.4, -0.2) is 35.9 Å². The van der Waals surface area contributed by atoms with Crippen molar-refractivity contribution in [3.63, 3.8) is 0 Å². The quantitative estimate of drug-likeness (QED) is 0.628.